The van der Waals surface area contributed by atoms with Crippen LogP contribution in [0.3, 0.4) is 0 Å². The predicted octanol–water partition coefficient (Wildman–Crippen LogP) is 9.86. The molecule has 7 heteroatoms. The van der Waals surface area contributed by atoms with Crippen molar-refractivity contribution in [2.75, 3.05) is 34.4 Å². The second-order valence-electron chi connectivity index (χ2n) is 13.5. The number of anilines is 6. The van der Waals surface area contributed by atoms with E-state index in [1.54, 1.807) is 11.3 Å². The fraction of sp³-hybridized carbons (Fsp3) is 0.0244. The van der Waals surface area contributed by atoms with Gasteiger partial charge < -0.3 is 34.4 Å². The molecule has 10 aromatic rings. The van der Waals surface area contributed by atoms with Crippen molar-refractivity contribution >= 4 is 130 Å². The number of hydrogen-bond acceptors (Lipinski definition) is 7. The minimum atomic E-state index is 0.680. The third-order valence-electron chi connectivity index (χ3n) is 10.8. The Bertz CT molecular complexity index is 3190. The van der Waals surface area contributed by atoms with E-state index in [1.165, 1.54) is 21.0 Å². The van der Waals surface area contributed by atoms with E-state index in [9.17, 15) is 0 Å². The predicted molar refractivity (Wildman–Crippen MR) is 211 cm³/mol. The molecule has 0 radical (unpaired) electrons. The third-order valence-corrected chi connectivity index (χ3v) is 12.0. The summed E-state index contributed by atoms with van der Waals surface area (Å²) in [4.78, 5) is 0. The molecule has 1 aliphatic rings. The van der Waals surface area contributed by atoms with Gasteiger partial charge in [0.05, 0.1) is 0 Å². The van der Waals surface area contributed by atoms with E-state index in [2.05, 4.69) is 61.5 Å². The van der Waals surface area contributed by atoms with E-state index in [4.69, 9.17) is 34.4 Å². The SMILES string of the molecule is Cc1cc2cc(N)ccc2c2c1cc1c(N)cc3c(N)c4cc5c(c(N)c4c4sc2c1c34)-c1cc(N)cc2c1c-5cc1cc(N)ccc12. The summed E-state index contributed by atoms with van der Waals surface area (Å²) in [5.41, 5.74) is 50.2. The number of rotatable bonds is 0. The van der Waals surface area contributed by atoms with Crippen LogP contribution in [0.1, 0.15) is 5.56 Å². The number of nitrogens with two attached hydrogens (primary N) is 6. The Morgan fingerprint density at radius 2 is 1.10 bits per heavy atom. The van der Waals surface area contributed by atoms with Crippen molar-refractivity contribution in [1.29, 1.82) is 0 Å². The fourth-order valence-electron chi connectivity index (χ4n) is 8.83. The van der Waals surface area contributed by atoms with Crippen molar-refractivity contribution in [3.8, 4) is 22.3 Å². The summed E-state index contributed by atoms with van der Waals surface area (Å²) in [7, 11) is 0. The Morgan fingerprint density at radius 1 is 0.417 bits per heavy atom. The molecule has 1 aliphatic carbocycles. The van der Waals surface area contributed by atoms with Crippen LogP contribution in [0.4, 0.5) is 34.1 Å². The third kappa shape index (κ3) is 2.90. The second-order valence-corrected chi connectivity index (χ2v) is 14.5. The standard InChI is InChI=1S/C41H28N6S/c1-15-6-16-7-19(43)3-5-22(16)34-23(15)12-27-31(45)14-30-36-35(27)40(34)48-41(36)37-29(38(30)46)13-26-24-9-17-8-18(42)2-4-21(17)25-10-20(44)11-28(32(24)25)33(26)39(37)47/h2-14H,42-47H2,1H3. The molecule has 228 valence electrons. The molecule has 0 bridgehead atoms. The Labute approximate surface area is 277 Å². The van der Waals surface area contributed by atoms with Gasteiger partial charge in [-0.2, -0.15) is 0 Å². The maximum absolute atomic E-state index is 7.40. The summed E-state index contributed by atoms with van der Waals surface area (Å²) in [5, 5.41) is 15.2. The van der Waals surface area contributed by atoms with Gasteiger partial charge in [0.15, 0.2) is 0 Å². The molecule has 48 heavy (non-hydrogen) atoms. The normalized spacial score (nSPS) is 12.8. The summed E-state index contributed by atoms with van der Waals surface area (Å²) >= 11 is 1.78. The van der Waals surface area contributed by atoms with Crippen LogP contribution in [-0.4, -0.2) is 0 Å². The first-order chi connectivity index (χ1) is 23.2. The largest absolute Gasteiger partial charge is 0.399 e. The lowest BCUT2D eigenvalue weighted by Crippen LogP contribution is -1.98. The molecule has 11 rings (SSSR count). The fourth-order valence-corrected chi connectivity index (χ4v) is 10.3. The molecule has 6 nitrogen and oxygen atoms in total. The van der Waals surface area contributed by atoms with Gasteiger partial charge in [-0.05, 0) is 128 Å². The Morgan fingerprint density at radius 3 is 1.90 bits per heavy atom. The van der Waals surface area contributed by atoms with Crippen LogP contribution < -0.4 is 34.4 Å². The number of benzene rings is 9. The summed E-state index contributed by atoms with van der Waals surface area (Å²) < 4.78 is 2.29. The highest BCUT2D eigenvalue weighted by Gasteiger charge is 2.30. The van der Waals surface area contributed by atoms with E-state index in [0.717, 1.165) is 97.3 Å². The molecule has 0 atom stereocenters. The van der Waals surface area contributed by atoms with Crippen LogP contribution >= 0.6 is 11.3 Å². The lowest BCUT2D eigenvalue weighted by molar-refractivity contribution is 1.57. The maximum Gasteiger partial charge on any atom is 0.0495 e. The van der Waals surface area contributed by atoms with Gasteiger partial charge in [0.25, 0.3) is 0 Å². The minimum Gasteiger partial charge on any atom is -0.399 e. The van der Waals surface area contributed by atoms with Gasteiger partial charge in [0, 0.05) is 86.8 Å². The van der Waals surface area contributed by atoms with Crippen LogP contribution in [0, 0.1) is 6.92 Å². The summed E-state index contributed by atoms with van der Waals surface area (Å²) in [6, 6.07) is 27.3. The minimum absolute atomic E-state index is 0.680. The zero-order valence-corrected chi connectivity index (χ0v) is 26.7. The first-order valence-corrected chi connectivity index (χ1v) is 16.7. The average molecular weight is 637 g/mol. The van der Waals surface area contributed by atoms with Crippen LogP contribution in [0.25, 0.3) is 107 Å². The van der Waals surface area contributed by atoms with Gasteiger partial charge >= 0.3 is 0 Å². The molecule has 0 saturated heterocycles. The van der Waals surface area contributed by atoms with Crippen LogP contribution in [0.15, 0.2) is 78.9 Å². The van der Waals surface area contributed by atoms with E-state index in [1.807, 2.05) is 24.3 Å². The Hall–Kier alpha value is -6.18. The highest BCUT2D eigenvalue weighted by atomic mass is 32.1. The number of hydrogen-bond donors (Lipinski definition) is 6. The lowest BCUT2D eigenvalue weighted by Gasteiger charge is -2.17. The second kappa shape index (κ2) is 8.20. The zero-order valence-electron chi connectivity index (χ0n) is 25.9. The molecular weight excluding hydrogens is 609 g/mol. The van der Waals surface area contributed by atoms with Gasteiger partial charge in [0.1, 0.15) is 0 Å². The monoisotopic (exact) mass is 636 g/mol. The first-order valence-electron chi connectivity index (χ1n) is 15.9. The molecule has 12 N–H and O–H groups in total. The quantitative estimate of drug-likeness (QED) is 0.0553. The Kier molecular flexibility index (Phi) is 4.44. The van der Waals surface area contributed by atoms with Crippen molar-refractivity contribution in [2.45, 2.75) is 6.92 Å². The van der Waals surface area contributed by atoms with Crippen LogP contribution in [0.2, 0.25) is 0 Å². The number of nitrogen functional groups attached to an aromatic ring is 6. The van der Waals surface area contributed by atoms with Crippen LogP contribution in [-0.2, 0) is 0 Å². The average Bonchev–Trinajstić information content (AvgIpc) is 3.59. The van der Waals surface area contributed by atoms with E-state index >= 15 is 0 Å². The first kappa shape index (κ1) is 25.9. The lowest BCUT2D eigenvalue weighted by atomic mass is 9.89. The van der Waals surface area contributed by atoms with E-state index in [0.29, 0.717) is 28.4 Å². The van der Waals surface area contributed by atoms with Crippen molar-refractivity contribution in [2.24, 2.45) is 0 Å². The Balaban J connectivity index is 1.37. The molecular formula is C41H28N6S. The number of thiophene rings is 1. The summed E-state index contributed by atoms with van der Waals surface area (Å²) in [6.45, 7) is 2.15. The summed E-state index contributed by atoms with van der Waals surface area (Å²) in [5.74, 6) is 0. The molecule has 1 aromatic heterocycles. The van der Waals surface area contributed by atoms with Gasteiger partial charge in [-0.1, -0.05) is 18.2 Å². The highest BCUT2D eigenvalue weighted by Crippen LogP contribution is 2.58. The molecule has 0 unspecified atom stereocenters. The van der Waals surface area contributed by atoms with E-state index in [-0.39, 0.29) is 0 Å². The highest BCUT2D eigenvalue weighted by molar-refractivity contribution is 7.28. The molecule has 9 aromatic carbocycles. The topological polar surface area (TPSA) is 156 Å². The van der Waals surface area contributed by atoms with Gasteiger partial charge in [0.2, 0.25) is 0 Å². The number of fused-ring (bicyclic) bond motifs is 11. The molecule has 0 spiro atoms. The van der Waals surface area contributed by atoms with Crippen LogP contribution in [0.5, 0.6) is 0 Å². The van der Waals surface area contributed by atoms with Gasteiger partial charge in [-0.15, -0.1) is 11.3 Å². The van der Waals surface area contributed by atoms with Crippen molar-refractivity contribution in [3.63, 3.8) is 0 Å². The zero-order chi connectivity index (χ0) is 32.5. The molecule has 0 fully saturated rings. The van der Waals surface area contributed by atoms with Crippen molar-refractivity contribution in [1.82, 2.24) is 0 Å². The molecule has 0 amide bonds. The molecule has 0 aliphatic heterocycles. The maximum atomic E-state index is 7.40. The number of aryl methyl sites for hydroxylation is 1. The van der Waals surface area contributed by atoms with E-state index < -0.39 is 0 Å². The molecule has 1 heterocycles. The van der Waals surface area contributed by atoms with Gasteiger partial charge in [-0.3, -0.25) is 0 Å². The summed E-state index contributed by atoms with van der Waals surface area (Å²) in [6.07, 6.45) is 0. The van der Waals surface area contributed by atoms with Gasteiger partial charge in [-0.25, -0.2) is 0 Å². The van der Waals surface area contributed by atoms with Crippen molar-refractivity contribution in [3.05, 3.63) is 84.4 Å². The van der Waals surface area contributed by atoms with Crippen molar-refractivity contribution < 1.29 is 0 Å². The smallest absolute Gasteiger partial charge is 0.0495 e. The molecule has 0 saturated carbocycles.